The van der Waals surface area contributed by atoms with Crippen LogP contribution in [0.2, 0.25) is 0 Å². The van der Waals surface area contributed by atoms with Crippen molar-refractivity contribution in [2.45, 2.75) is 26.4 Å². The number of rotatable bonds is 10. The Hall–Kier alpha value is -2.82. The fourth-order valence-electron chi connectivity index (χ4n) is 3.79. The first kappa shape index (κ1) is 22.9. The van der Waals surface area contributed by atoms with Crippen molar-refractivity contribution in [3.05, 3.63) is 83.9 Å². The molecule has 0 aliphatic rings. The van der Waals surface area contributed by atoms with Crippen molar-refractivity contribution < 1.29 is 14.6 Å². The van der Waals surface area contributed by atoms with E-state index in [4.69, 9.17) is 9.47 Å². The molecular weight excluding hydrogens is 386 g/mol. The topological polar surface area (TPSA) is 41.9 Å². The summed E-state index contributed by atoms with van der Waals surface area (Å²) in [6, 6.07) is 23.6. The molecule has 1 atom stereocenters. The summed E-state index contributed by atoms with van der Waals surface area (Å²) in [6.07, 6.45) is 0. The van der Waals surface area contributed by atoms with Gasteiger partial charge in [0.2, 0.25) is 0 Å². The van der Waals surface area contributed by atoms with Crippen LogP contribution >= 0.6 is 0 Å². The van der Waals surface area contributed by atoms with E-state index in [2.05, 4.69) is 18.7 Å². The predicted octanol–water partition coefficient (Wildman–Crippen LogP) is 5.34. The zero-order valence-corrected chi connectivity index (χ0v) is 19.0. The molecule has 0 aliphatic carbocycles. The average molecular weight is 420 g/mol. The maximum Gasteiger partial charge on any atom is 0.119 e. The molecule has 0 bridgehead atoms. The summed E-state index contributed by atoms with van der Waals surface area (Å²) in [4.78, 5) is 2.33. The number of ether oxygens (including phenoxy) is 2. The Kier molecular flexibility index (Phi) is 7.72. The first-order valence-electron chi connectivity index (χ1n) is 10.9. The van der Waals surface area contributed by atoms with Gasteiger partial charge in [0.15, 0.2) is 0 Å². The van der Waals surface area contributed by atoms with Gasteiger partial charge in [0.25, 0.3) is 0 Å². The summed E-state index contributed by atoms with van der Waals surface area (Å²) in [5.74, 6) is 1.62. The summed E-state index contributed by atoms with van der Waals surface area (Å²) in [6.45, 7) is 9.75. The van der Waals surface area contributed by atoms with Gasteiger partial charge in [-0.1, -0.05) is 62.4 Å². The molecule has 164 valence electrons. The fraction of sp³-hybridized carbons (Fsp3) is 0.333. The molecule has 1 N–H and O–H groups in total. The van der Waals surface area contributed by atoms with Crippen molar-refractivity contribution in [2.75, 3.05) is 33.4 Å². The van der Waals surface area contributed by atoms with Crippen molar-refractivity contribution in [1.82, 2.24) is 4.90 Å². The minimum atomic E-state index is -1.14. The Morgan fingerprint density at radius 2 is 1.45 bits per heavy atom. The average Bonchev–Trinajstić information content (AvgIpc) is 2.82. The van der Waals surface area contributed by atoms with Crippen molar-refractivity contribution in [2.24, 2.45) is 0 Å². The van der Waals surface area contributed by atoms with Gasteiger partial charge in [-0.2, -0.15) is 0 Å². The molecular formula is C27H33NO3. The van der Waals surface area contributed by atoms with Crippen molar-refractivity contribution >= 4 is 0 Å². The van der Waals surface area contributed by atoms with Crippen LogP contribution in [0, 0.1) is 0 Å². The molecule has 0 saturated heterocycles. The first-order chi connectivity index (χ1) is 15.0. The third kappa shape index (κ3) is 5.46. The fourth-order valence-corrected chi connectivity index (χ4v) is 3.79. The third-order valence-corrected chi connectivity index (χ3v) is 5.84. The second kappa shape index (κ2) is 10.5. The lowest BCUT2D eigenvalue weighted by molar-refractivity contribution is 0.103. The number of likely N-dealkylation sites (N-methyl/N-ethyl adjacent to an activating group) is 1. The molecule has 0 fully saturated rings. The summed E-state index contributed by atoms with van der Waals surface area (Å²) in [5.41, 5.74) is 2.57. The monoisotopic (exact) mass is 419 g/mol. The number of aliphatic hydroxyl groups is 1. The highest BCUT2D eigenvalue weighted by Gasteiger charge is 2.28. The molecule has 0 amide bonds. The molecule has 3 rings (SSSR count). The minimum Gasteiger partial charge on any atom is -0.497 e. The van der Waals surface area contributed by atoms with E-state index < -0.39 is 5.60 Å². The number of methoxy groups -OCH3 is 1. The van der Waals surface area contributed by atoms with Crippen molar-refractivity contribution in [1.29, 1.82) is 0 Å². The van der Waals surface area contributed by atoms with E-state index in [1.54, 1.807) is 7.11 Å². The number of nitrogens with zero attached hydrogens (tertiary/aromatic N) is 1. The maximum atomic E-state index is 11.5. The van der Waals surface area contributed by atoms with Crippen LogP contribution in [0.3, 0.4) is 0 Å². The van der Waals surface area contributed by atoms with Gasteiger partial charge in [-0.25, -0.2) is 0 Å². The summed E-state index contributed by atoms with van der Waals surface area (Å²) >= 11 is 0. The van der Waals surface area contributed by atoms with Crippen molar-refractivity contribution in [3.63, 3.8) is 0 Å². The Morgan fingerprint density at radius 3 is 2.06 bits per heavy atom. The van der Waals surface area contributed by atoms with Gasteiger partial charge in [0, 0.05) is 6.54 Å². The Labute approximate surface area is 186 Å². The molecule has 0 saturated carbocycles. The molecule has 4 heteroatoms. The molecule has 0 spiro atoms. The smallest absolute Gasteiger partial charge is 0.119 e. The zero-order valence-electron chi connectivity index (χ0n) is 19.0. The second-order valence-electron chi connectivity index (χ2n) is 7.75. The molecule has 3 aromatic rings. The lowest BCUT2D eigenvalue weighted by Crippen LogP contribution is -2.28. The van der Waals surface area contributed by atoms with Gasteiger partial charge >= 0.3 is 0 Å². The predicted molar refractivity (Wildman–Crippen MR) is 127 cm³/mol. The lowest BCUT2D eigenvalue weighted by Gasteiger charge is -2.27. The highest BCUT2D eigenvalue weighted by Crippen LogP contribution is 2.37. The quantitative estimate of drug-likeness (QED) is 0.482. The lowest BCUT2D eigenvalue weighted by atomic mass is 9.83. The largest absolute Gasteiger partial charge is 0.497 e. The molecule has 1 unspecified atom stereocenters. The molecule has 0 aliphatic heterocycles. The zero-order chi connectivity index (χ0) is 22.3. The Bertz CT molecular complexity index is 945. The molecule has 4 nitrogen and oxygen atoms in total. The van der Waals surface area contributed by atoms with Gasteiger partial charge < -0.3 is 19.5 Å². The van der Waals surface area contributed by atoms with Gasteiger partial charge in [0.05, 0.1) is 7.11 Å². The summed E-state index contributed by atoms with van der Waals surface area (Å²) < 4.78 is 11.2. The number of benzene rings is 3. The standard InChI is InChI=1S/C27H33NO3/c1-5-28(6-2)19-20-31-24-17-13-22(14-18-24)27(3,29)26-10-8-7-9-25(26)21-11-15-23(30-4)16-12-21/h7-18,29H,5-6,19-20H2,1-4H3. The molecule has 0 heterocycles. The van der Waals surface area contributed by atoms with Crippen LogP contribution in [0.5, 0.6) is 11.5 Å². The number of hydrogen-bond donors (Lipinski definition) is 1. The van der Waals surface area contributed by atoms with E-state index in [1.807, 2.05) is 79.7 Å². The van der Waals surface area contributed by atoms with Gasteiger partial charge in [0.1, 0.15) is 23.7 Å². The molecule has 0 radical (unpaired) electrons. The van der Waals surface area contributed by atoms with Gasteiger partial charge in [-0.05, 0) is 66.5 Å². The Balaban J connectivity index is 1.80. The highest BCUT2D eigenvalue weighted by atomic mass is 16.5. The third-order valence-electron chi connectivity index (χ3n) is 5.84. The van der Waals surface area contributed by atoms with E-state index in [0.29, 0.717) is 6.61 Å². The molecule has 0 aromatic heterocycles. The summed E-state index contributed by atoms with van der Waals surface area (Å²) in [5, 5.41) is 11.5. The van der Waals surface area contributed by atoms with Crippen LogP contribution in [0.25, 0.3) is 11.1 Å². The van der Waals surface area contributed by atoms with Gasteiger partial charge in [-0.3, -0.25) is 0 Å². The summed E-state index contributed by atoms with van der Waals surface area (Å²) in [7, 11) is 1.66. The van der Waals surface area contributed by atoms with Crippen LogP contribution in [-0.2, 0) is 5.60 Å². The van der Waals surface area contributed by atoms with E-state index in [0.717, 1.165) is 53.4 Å². The molecule has 31 heavy (non-hydrogen) atoms. The normalized spacial score (nSPS) is 13.1. The van der Waals surface area contributed by atoms with Crippen LogP contribution in [-0.4, -0.2) is 43.4 Å². The SMILES string of the molecule is CCN(CC)CCOc1ccc(C(C)(O)c2ccccc2-c2ccc(OC)cc2)cc1. The molecule has 3 aromatic carbocycles. The maximum absolute atomic E-state index is 11.5. The van der Waals surface area contributed by atoms with E-state index in [1.165, 1.54) is 0 Å². The van der Waals surface area contributed by atoms with Crippen molar-refractivity contribution in [3.8, 4) is 22.6 Å². The minimum absolute atomic E-state index is 0.651. The second-order valence-corrected chi connectivity index (χ2v) is 7.75. The highest BCUT2D eigenvalue weighted by molar-refractivity contribution is 5.70. The van der Waals surface area contributed by atoms with E-state index in [9.17, 15) is 5.11 Å². The van der Waals surface area contributed by atoms with Crippen LogP contribution in [0.1, 0.15) is 31.9 Å². The van der Waals surface area contributed by atoms with Crippen LogP contribution in [0.15, 0.2) is 72.8 Å². The van der Waals surface area contributed by atoms with Crippen LogP contribution < -0.4 is 9.47 Å². The van der Waals surface area contributed by atoms with Crippen LogP contribution in [0.4, 0.5) is 0 Å². The van der Waals surface area contributed by atoms with E-state index >= 15 is 0 Å². The first-order valence-corrected chi connectivity index (χ1v) is 10.9. The number of hydrogen-bond acceptors (Lipinski definition) is 4. The van der Waals surface area contributed by atoms with Gasteiger partial charge in [-0.15, -0.1) is 0 Å². The Morgan fingerprint density at radius 1 is 0.839 bits per heavy atom. The van der Waals surface area contributed by atoms with E-state index in [-0.39, 0.29) is 0 Å².